The Balaban J connectivity index is 1.84. The maximum Gasteiger partial charge on any atom is 0.254 e. The Bertz CT molecular complexity index is 404. The van der Waals surface area contributed by atoms with Gasteiger partial charge in [0.1, 0.15) is 6.10 Å². The summed E-state index contributed by atoms with van der Waals surface area (Å²) < 4.78 is 5.42. The molecule has 1 aliphatic rings. The number of aromatic nitrogens is 1. The Hall–Kier alpha value is -1.62. The van der Waals surface area contributed by atoms with Gasteiger partial charge in [-0.05, 0) is 37.8 Å². The van der Waals surface area contributed by atoms with Crippen LogP contribution in [0.25, 0.3) is 0 Å². The van der Waals surface area contributed by atoms with Crippen molar-refractivity contribution in [1.29, 1.82) is 0 Å². The zero-order chi connectivity index (χ0) is 12.3. The fourth-order valence-corrected chi connectivity index (χ4v) is 1.35. The van der Waals surface area contributed by atoms with E-state index < -0.39 is 6.10 Å². The van der Waals surface area contributed by atoms with Crippen LogP contribution in [0.5, 0.6) is 5.75 Å². The molecule has 2 rings (SSSR count). The Labute approximate surface area is 99.8 Å². The third kappa shape index (κ3) is 3.42. The molecule has 92 valence electrons. The largest absolute Gasteiger partial charge is 0.504 e. The molecule has 1 heterocycles. The predicted octanol–water partition coefficient (Wildman–Crippen LogP) is 1.54. The van der Waals surface area contributed by atoms with Crippen LogP contribution in [0.2, 0.25) is 0 Å². The Morgan fingerprint density at radius 2 is 2.47 bits per heavy atom. The SMILES string of the molecule is C[C@H](OCC1CC1)C(=O)Nc1ncccc1O. The van der Waals surface area contributed by atoms with E-state index in [1.165, 1.54) is 25.1 Å². The van der Waals surface area contributed by atoms with Crippen molar-refractivity contribution in [2.24, 2.45) is 5.92 Å². The molecule has 17 heavy (non-hydrogen) atoms. The molecule has 1 aliphatic carbocycles. The number of carbonyl (C=O) groups is 1. The summed E-state index contributed by atoms with van der Waals surface area (Å²) in [5.74, 6) is 0.447. The molecule has 0 aliphatic heterocycles. The van der Waals surface area contributed by atoms with E-state index >= 15 is 0 Å². The van der Waals surface area contributed by atoms with Gasteiger partial charge in [-0.15, -0.1) is 0 Å². The van der Waals surface area contributed by atoms with Crippen LogP contribution in [0.15, 0.2) is 18.3 Å². The molecule has 0 radical (unpaired) electrons. The normalized spacial score (nSPS) is 16.5. The Morgan fingerprint density at radius 1 is 1.71 bits per heavy atom. The number of hydrogen-bond acceptors (Lipinski definition) is 4. The molecule has 0 aromatic carbocycles. The van der Waals surface area contributed by atoms with Crippen molar-refractivity contribution in [3.8, 4) is 5.75 Å². The van der Waals surface area contributed by atoms with Crippen molar-refractivity contribution < 1.29 is 14.6 Å². The molecule has 1 aromatic rings. The zero-order valence-corrected chi connectivity index (χ0v) is 9.72. The number of amides is 1. The highest BCUT2D eigenvalue weighted by molar-refractivity contribution is 5.94. The summed E-state index contributed by atoms with van der Waals surface area (Å²) in [6.07, 6.45) is 3.35. The number of pyridine rings is 1. The summed E-state index contributed by atoms with van der Waals surface area (Å²) in [6.45, 7) is 2.32. The van der Waals surface area contributed by atoms with E-state index in [1.54, 1.807) is 13.0 Å². The van der Waals surface area contributed by atoms with Gasteiger partial charge < -0.3 is 15.2 Å². The van der Waals surface area contributed by atoms with E-state index in [2.05, 4.69) is 10.3 Å². The zero-order valence-electron chi connectivity index (χ0n) is 9.72. The molecule has 1 fully saturated rings. The molecular weight excluding hydrogens is 220 g/mol. The smallest absolute Gasteiger partial charge is 0.254 e. The van der Waals surface area contributed by atoms with Crippen LogP contribution in [0.4, 0.5) is 5.82 Å². The maximum absolute atomic E-state index is 11.7. The van der Waals surface area contributed by atoms with Gasteiger partial charge in [0.25, 0.3) is 5.91 Å². The highest BCUT2D eigenvalue weighted by atomic mass is 16.5. The first-order valence-corrected chi connectivity index (χ1v) is 5.73. The fourth-order valence-electron chi connectivity index (χ4n) is 1.35. The van der Waals surface area contributed by atoms with Gasteiger partial charge in [0.2, 0.25) is 0 Å². The predicted molar refractivity (Wildman–Crippen MR) is 62.7 cm³/mol. The molecule has 1 saturated carbocycles. The molecule has 1 aromatic heterocycles. The molecule has 0 bridgehead atoms. The number of nitrogens with zero attached hydrogens (tertiary/aromatic N) is 1. The molecular formula is C12H16N2O3. The molecule has 5 heteroatoms. The third-order valence-corrected chi connectivity index (χ3v) is 2.68. The summed E-state index contributed by atoms with van der Waals surface area (Å²) in [5, 5.41) is 12.0. The number of nitrogens with one attached hydrogen (secondary N) is 1. The van der Waals surface area contributed by atoms with E-state index in [1.807, 2.05) is 0 Å². The second-order valence-corrected chi connectivity index (χ2v) is 4.28. The minimum Gasteiger partial charge on any atom is -0.504 e. The Kier molecular flexibility index (Phi) is 3.58. The average Bonchev–Trinajstić information content (AvgIpc) is 3.13. The number of anilines is 1. The van der Waals surface area contributed by atoms with Crippen molar-refractivity contribution in [2.45, 2.75) is 25.9 Å². The summed E-state index contributed by atoms with van der Waals surface area (Å²) >= 11 is 0. The van der Waals surface area contributed by atoms with Gasteiger partial charge in [-0.1, -0.05) is 0 Å². The molecule has 0 spiro atoms. The van der Waals surface area contributed by atoms with Crippen LogP contribution >= 0.6 is 0 Å². The van der Waals surface area contributed by atoms with E-state index in [0.717, 1.165) is 0 Å². The lowest BCUT2D eigenvalue weighted by Crippen LogP contribution is -2.28. The van der Waals surface area contributed by atoms with Gasteiger partial charge in [-0.3, -0.25) is 4.79 Å². The van der Waals surface area contributed by atoms with Crippen LogP contribution in [0.1, 0.15) is 19.8 Å². The monoisotopic (exact) mass is 236 g/mol. The van der Waals surface area contributed by atoms with Crippen LogP contribution in [-0.4, -0.2) is 28.7 Å². The van der Waals surface area contributed by atoms with Crippen molar-refractivity contribution in [1.82, 2.24) is 4.98 Å². The average molecular weight is 236 g/mol. The van der Waals surface area contributed by atoms with Crippen molar-refractivity contribution in [3.63, 3.8) is 0 Å². The van der Waals surface area contributed by atoms with Gasteiger partial charge in [0.05, 0.1) is 6.61 Å². The fraction of sp³-hybridized carbons (Fsp3) is 0.500. The molecule has 0 saturated heterocycles. The van der Waals surface area contributed by atoms with Gasteiger partial charge in [0.15, 0.2) is 11.6 Å². The van der Waals surface area contributed by atoms with Crippen LogP contribution < -0.4 is 5.32 Å². The lowest BCUT2D eigenvalue weighted by atomic mass is 10.3. The summed E-state index contributed by atoms with van der Waals surface area (Å²) in [6, 6.07) is 3.07. The first kappa shape index (κ1) is 11.9. The van der Waals surface area contributed by atoms with Gasteiger partial charge in [-0.25, -0.2) is 4.98 Å². The first-order valence-electron chi connectivity index (χ1n) is 5.73. The van der Waals surface area contributed by atoms with Gasteiger partial charge >= 0.3 is 0 Å². The minimum atomic E-state index is -0.531. The summed E-state index contributed by atoms with van der Waals surface area (Å²) in [4.78, 5) is 15.6. The number of hydrogen-bond donors (Lipinski definition) is 2. The topological polar surface area (TPSA) is 71.5 Å². The molecule has 2 N–H and O–H groups in total. The molecule has 1 atom stereocenters. The minimum absolute atomic E-state index is 0.0461. The lowest BCUT2D eigenvalue weighted by molar-refractivity contribution is -0.126. The van der Waals surface area contributed by atoms with E-state index in [4.69, 9.17) is 4.74 Å². The second kappa shape index (κ2) is 5.14. The van der Waals surface area contributed by atoms with Crippen LogP contribution in [0.3, 0.4) is 0 Å². The number of carbonyl (C=O) groups excluding carboxylic acids is 1. The third-order valence-electron chi connectivity index (χ3n) is 2.68. The highest BCUT2D eigenvalue weighted by Gasteiger charge is 2.24. The van der Waals surface area contributed by atoms with E-state index in [9.17, 15) is 9.90 Å². The number of rotatable bonds is 5. The standard InChI is InChI=1S/C12H16N2O3/c1-8(17-7-9-4-5-9)12(16)14-11-10(15)3-2-6-13-11/h2-3,6,8-9,15H,4-5,7H2,1H3,(H,13,14,16)/t8-/m0/s1. The number of aromatic hydroxyl groups is 1. The van der Waals surface area contributed by atoms with Gasteiger partial charge in [-0.2, -0.15) is 0 Å². The van der Waals surface area contributed by atoms with Crippen LogP contribution in [-0.2, 0) is 9.53 Å². The Morgan fingerprint density at radius 3 is 3.12 bits per heavy atom. The molecule has 5 nitrogen and oxygen atoms in total. The van der Waals surface area contributed by atoms with Crippen LogP contribution in [0, 0.1) is 5.92 Å². The molecule has 1 amide bonds. The second-order valence-electron chi connectivity index (χ2n) is 4.28. The summed E-state index contributed by atoms with van der Waals surface area (Å²) in [5.41, 5.74) is 0. The quantitative estimate of drug-likeness (QED) is 0.813. The first-order chi connectivity index (χ1) is 8.16. The lowest BCUT2D eigenvalue weighted by Gasteiger charge is -2.13. The van der Waals surface area contributed by atoms with Crippen molar-refractivity contribution >= 4 is 11.7 Å². The highest BCUT2D eigenvalue weighted by Crippen LogP contribution is 2.29. The maximum atomic E-state index is 11.7. The molecule has 0 unspecified atom stereocenters. The summed E-state index contributed by atoms with van der Waals surface area (Å²) in [7, 11) is 0. The van der Waals surface area contributed by atoms with Gasteiger partial charge in [0, 0.05) is 6.20 Å². The van der Waals surface area contributed by atoms with E-state index in [0.29, 0.717) is 12.5 Å². The van der Waals surface area contributed by atoms with E-state index in [-0.39, 0.29) is 17.5 Å². The van der Waals surface area contributed by atoms with Crippen molar-refractivity contribution in [3.05, 3.63) is 18.3 Å². The van der Waals surface area contributed by atoms with Crippen molar-refractivity contribution in [2.75, 3.05) is 11.9 Å². The number of ether oxygens (including phenoxy) is 1.